The number of amides is 2. The molecule has 2 bridgehead atoms. The fourth-order valence-corrected chi connectivity index (χ4v) is 4.75. The Labute approximate surface area is 206 Å². The van der Waals surface area contributed by atoms with Crippen molar-refractivity contribution >= 4 is 11.8 Å². The summed E-state index contributed by atoms with van der Waals surface area (Å²) in [5.74, 6) is -2.71. The van der Waals surface area contributed by atoms with Crippen LogP contribution in [0.25, 0.3) is 0 Å². The molecule has 3 heterocycles. The number of benzene rings is 2. The summed E-state index contributed by atoms with van der Waals surface area (Å²) in [6.07, 6.45) is 3.97. The van der Waals surface area contributed by atoms with Crippen LogP contribution in [-0.2, 0) is 13.2 Å². The maximum absolute atomic E-state index is 14.0. The van der Waals surface area contributed by atoms with Crippen molar-refractivity contribution in [2.24, 2.45) is 0 Å². The van der Waals surface area contributed by atoms with Crippen molar-refractivity contribution in [3.63, 3.8) is 0 Å². The number of nitrogens with zero attached hydrogens (tertiary/aromatic N) is 2. The van der Waals surface area contributed by atoms with Crippen molar-refractivity contribution < 1.29 is 23.1 Å². The maximum Gasteiger partial charge on any atom is 0.274 e. The molecule has 9 heteroatoms. The lowest BCUT2D eigenvalue weighted by Crippen LogP contribution is -2.44. The summed E-state index contributed by atoms with van der Waals surface area (Å²) >= 11 is 0. The second-order valence-corrected chi connectivity index (χ2v) is 9.05. The summed E-state index contributed by atoms with van der Waals surface area (Å²) in [4.78, 5) is 41.6. The van der Waals surface area contributed by atoms with Gasteiger partial charge in [-0.1, -0.05) is 36.4 Å². The van der Waals surface area contributed by atoms with E-state index < -0.39 is 23.0 Å². The minimum atomic E-state index is -0.798. The topological polar surface area (TPSA) is 80.6 Å². The number of hydrogen-bond acceptors (Lipinski definition) is 4. The molecule has 2 amide bonds. The molecule has 7 nitrogen and oxygen atoms in total. The van der Waals surface area contributed by atoms with Crippen LogP contribution in [0.4, 0.5) is 8.78 Å². The largest absolute Gasteiger partial charge is 0.483 e. The summed E-state index contributed by atoms with van der Waals surface area (Å²) < 4.78 is 34.9. The van der Waals surface area contributed by atoms with Gasteiger partial charge in [-0.05, 0) is 30.9 Å². The molecule has 2 aromatic carbocycles. The first-order chi connectivity index (χ1) is 17.4. The molecule has 0 spiro atoms. The number of carbonyl (C=O) groups is 2. The monoisotopic (exact) mass is 493 g/mol. The predicted molar refractivity (Wildman–Crippen MR) is 128 cm³/mol. The fourth-order valence-electron chi connectivity index (χ4n) is 4.75. The Balaban J connectivity index is 1.52. The van der Waals surface area contributed by atoms with Gasteiger partial charge in [0.1, 0.15) is 23.8 Å². The lowest BCUT2D eigenvalue weighted by molar-refractivity contribution is 0.0673. The molecular weight excluding hydrogens is 468 g/mol. The Kier molecular flexibility index (Phi) is 6.54. The van der Waals surface area contributed by atoms with Crippen molar-refractivity contribution in [1.29, 1.82) is 0 Å². The Morgan fingerprint density at radius 2 is 1.89 bits per heavy atom. The highest BCUT2D eigenvalue weighted by Gasteiger charge is 2.37. The summed E-state index contributed by atoms with van der Waals surface area (Å²) in [5, 5.41) is 2.54. The van der Waals surface area contributed by atoms with Gasteiger partial charge in [-0.3, -0.25) is 14.4 Å². The van der Waals surface area contributed by atoms with Gasteiger partial charge in [0.25, 0.3) is 11.8 Å². The van der Waals surface area contributed by atoms with Crippen LogP contribution in [0.2, 0.25) is 0 Å². The second-order valence-electron chi connectivity index (χ2n) is 9.05. The molecule has 1 fully saturated rings. The SMILES string of the molecule is O=C(NCc1ccc(F)cc1F)c1cn2c(c(OCc3ccccc3)c1=O)C(=O)N1CCCC[C@H]2C1. The Hall–Kier alpha value is -4.01. The number of pyridine rings is 1. The van der Waals surface area contributed by atoms with Crippen LogP contribution >= 0.6 is 0 Å². The molecule has 0 saturated carbocycles. The van der Waals surface area contributed by atoms with Crippen LogP contribution in [-0.4, -0.2) is 34.4 Å². The number of nitrogens with one attached hydrogen (secondary N) is 1. The third-order valence-corrected chi connectivity index (χ3v) is 6.65. The molecule has 3 aromatic rings. The molecular formula is C27H25F2N3O4. The Morgan fingerprint density at radius 3 is 2.67 bits per heavy atom. The lowest BCUT2D eigenvalue weighted by Gasteiger charge is -2.35. The molecule has 5 rings (SSSR count). The van der Waals surface area contributed by atoms with Crippen molar-refractivity contribution in [1.82, 2.24) is 14.8 Å². The van der Waals surface area contributed by atoms with Crippen LogP contribution in [0.5, 0.6) is 5.75 Å². The molecule has 2 aliphatic heterocycles. The second kappa shape index (κ2) is 9.93. The number of aromatic nitrogens is 1. The molecule has 2 aliphatic rings. The van der Waals surface area contributed by atoms with E-state index in [4.69, 9.17) is 4.74 Å². The molecule has 1 saturated heterocycles. The average Bonchev–Trinajstić information content (AvgIpc) is 3.10. The van der Waals surface area contributed by atoms with E-state index in [9.17, 15) is 23.2 Å². The van der Waals surface area contributed by atoms with Gasteiger partial charge < -0.3 is 19.5 Å². The molecule has 1 aromatic heterocycles. The zero-order valence-electron chi connectivity index (χ0n) is 19.5. The summed E-state index contributed by atoms with van der Waals surface area (Å²) in [7, 11) is 0. The molecule has 0 aliphatic carbocycles. The van der Waals surface area contributed by atoms with Crippen molar-refractivity contribution in [2.75, 3.05) is 13.1 Å². The van der Waals surface area contributed by atoms with Crippen molar-refractivity contribution in [2.45, 2.75) is 38.5 Å². The highest BCUT2D eigenvalue weighted by Crippen LogP contribution is 2.32. The summed E-state index contributed by atoms with van der Waals surface area (Å²) in [6, 6.07) is 12.2. The summed E-state index contributed by atoms with van der Waals surface area (Å²) in [5.41, 5.74) is 0.128. The highest BCUT2D eigenvalue weighted by atomic mass is 19.1. The van der Waals surface area contributed by atoms with Gasteiger partial charge in [0.05, 0.1) is 6.04 Å². The molecule has 0 unspecified atom stereocenters. The highest BCUT2D eigenvalue weighted by molar-refractivity contribution is 5.99. The molecule has 0 radical (unpaired) electrons. The first kappa shape index (κ1) is 23.7. The van der Waals surface area contributed by atoms with Crippen LogP contribution in [0.3, 0.4) is 0 Å². The fraction of sp³-hybridized carbons (Fsp3) is 0.296. The van der Waals surface area contributed by atoms with Gasteiger partial charge in [0, 0.05) is 37.5 Å². The van der Waals surface area contributed by atoms with Gasteiger partial charge in [0.15, 0.2) is 11.4 Å². The third kappa shape index (κ3) is 4.60. The van der Waals surface area contributed by atoms with Gasteiger partial charge >= 0.3 is 0 Å². The molecule has 1 N–H and O–H groups in total. The summed E-state index contributed by atoms with van der Waals surface area (Å²) in [6.45, 7) is 0.914. The van der Waals surface area contributed by atoms with Gasteiger partial charge in [-0.2, -0.15) is 0 Å². The number of carbonyl (C=O) groups excluding carboxylic acids is 2. The Bertz CT molecular complexity index is 1370. The van der Waals surface area contributed by atoms with E-state index in [0.717, 1.165) is 37.0 Å². The number of fused-ring (bicyclic) bond motifs is 4. The van der Waals surface area contributed by atoms with E-state index >= 15 is 0 Å². The van der Waals surface area contributed by atoms with Crippen molar-refractivity contribution in [3.05, 3.63) is 99.0 Å². The van der Waals surface area contributed by atoms with Gasteiger partial charge in [0.2, 0.25) is 5.43 Å². The quantitative estimate of drug-likeness (QED) is 0.566. The van der Waals surface area contributed by atoms with Crippen LogP contribution in [0, 0.1) is 11.6 Å². The number of ether oxygens (including phenoxy) is 1. The van der Waals surface area contributed by atoms with Gasteiger partial charge in [-0.15, -0.1) is 0 Å². The standard InChI is InChI=1S/C27H25F2N3O4/c28-19-10-9-18(22(29)12-19)13-30-26(34)21-15-32-20-8-4-5-11-31(14-20)27(35)23(32)25(24(21)33)36-16-17-6-2-1-3-7-17/h1-3,6-7,9-10,12,15,20H,4-5,8,11,13-14,16H2,(H,30,34)/t20-/m0/s1. The molecule has 186 valence electrons. The lowest BCUT2D eigenvalue weighted by atomic mass is 10.1. The minimum absolute atomic E-state index is 0.0485. The third-order valence-electron chi connectivity index (χ3n) is 6.65. The average molecular weight is 494 g/mol. The van der Waals surface area contributed by atoms with E-state index in [1.165, 1.54) is 12.3 Å². The number of halogens is 2. The van der Waals surface area contributed by atoms with E-state index in [1.807, 2.05) is 30.3 Å². The minimum Gasteiger partial charge on any atom is -0.483 e. The molecule has 1 atom stereocenters. The smallest absolute Gasteiger partial charge is 0.274 e. The van der Waals surface area contributed by atoms with E-state index in [2.05, 4.69) is 5.32 Å². The van der Waals surface area contributed by atoms with E-state index in [-0.39, 0.29) is 47.7 Å². The zero-order valence-corrected chi connectivity index (χ0v) is 19.5. The number of hydrogen-bond donors (Lipinski definition) is 1. The van der Waals surface area contributed by atoms with E-state index in [0.29, 0.717) is 13.1 Å². The van der Waals surface area contributed by atoms with Crippen LogP contribution in [0.1, 0.15) is 57.3 Å². The van der Waals surface area contributed by atoms with Crippen molar-refractivity contribution in [3.8, 4) is 5.75 Å². The number of rotatable bonds is 6. The van der Waals surface area contributed by atoms with Gasteiger partial charge in [-0.25, -0.2) is 8.78 Å². The zero-order chi connectivity index (χ0) is 25.2. The van der Waals surface area contributed by atoms with Crippen LogP contribution < -0.4 is 15.5 Å². The predicted octanol–water partition coefficient (Wildman–Crippen LogP) is 3.82. The molecule has 36 heavy (non-hydrogen) atoms. The first-order valence-corrected chi connectivity index (χ1v) is 11.9. The Morgan fingerprint density at radius 1 is 1.08 bits per heavy atom. The first-order valence-electron chi connectivity index (χ1n) is 11.9. The maximum atomic E-state index is 14.0. The normalized spacial score (nSPS) is 16.8. The van der Waals surface area contributed by atoms with Crippen LogP contribution in [0.15, 0.2) is 59.5 Å². The van der Waals surface area contributed by atoms with E-state index in [1.54, 1.807) is 9.47 Å².